The summed E-state index contributed by atoms with van der Waals surface area (Å²) in [7, 11) is 0. The zero-order valence-electron chi connectivity index (χ0n) is 13.3. The van der Waals surface area contributed by atoms with Gasteiger partial charge in [0.15, 0.2) is 5.75 Å². The molecule has 0 fully saturated rings. The van der Waals surface area contributed by atoms with Crippen LogP contribution in [0.3, 0.4) is 0 Å². The molecule has 0 aromatic heterocycles. The highest BCUT2D eigenvalue weighted by Crippen LogP contribution is 2.39. The highest BCUT2D eigenvalue weighted by molar-refractivity contribution is 5.93. The van der Waals surface area contributed by atoms with Gasteiger partial charge in [-0.05, 0) is 41.5 Å². The molecular formula is C20H16N2O3. The van der Waals surface area contributed by atoms with Gasteiger partial charge in [0.25, 0.3) is 5.91 Å². The van der Waals surface area contributed by atoms with Crippen LogP contribution < -0.4 is 15.5 Å². The topological polar surface area (TPSA) is 70.6 Å². The number of carbonyl (C=O) groups excluding carboxylic acids is 1. The summed E-state index contributed by atoms with van der Waals surface area (Å²) in [6.45, 7) is 0.640. The number of benzene rings is 3. The number of hydrogen-bond donors (Lipinski definition) is 3. The molecule has 0 saturated heterocycles. The van der Waals surface area contributed by atoms with E-state index in [0.717, 1.165) is 33.9 Å². The second kappa shape index (κ2) is 6.30. The molecular weight excluding hydrogens is 316 g/mol. The van der Waals surface area contributed by atoms with Gasteiger partial charge in [-0.25, -0.2) is 5.48 Å². The summed E-state index contributed by atoms with van der Waals surface area (Å²) in [4.78, 5) is 11.5. The van der Waals surface area contributed by atoms with Crippen molar-refractivity contribution in [1.82, 2.24) is 5.48 Å². The Morgan fingerprint density at radius 2 is 1.72 bits per heavy atom. The van der Waals surface area contributed by atoms with Gasteiger partial charge >= 0.3 is 0 Å². The van der Waals surface area contributed by atoms with Gasteiger partial charge in [-0.2, -0.15) is 0 Å². The van der Waals surface area contributed by atoms with Crippen LogP contribution in [-0.4, -0.2) is 11.1 Å². The predicted molar refractivity (Wildman–Crippen MR) is 95.0 cm³/mol. The minimum atomic E-state index is -0.529. The first-order valence-electron chi connectivity index (χ1n) is 7.94. The van der Waals surface area contributed by atoms with Gasteiger partial charge in [-0.15, -0.1) is 0 Å². The van der Waals surface area contributed by atoms with E-state index in [0.29, 0.717) is 12.1 Å². The van der Waals surface area contributed by atoms with Crippen LogP contribution >= 0.6 is 0 Å². The van der Waals surface area contributed by atoms with Crippen LogP contribution in [0.1, 0.15) is 15.9 Å². The first-order valence-corrected chi connectivity index (χ1v) is 7.94. The van der Waals surface area contributed by atoms with Crippen molar-refractivity contribution in [2.75, 3.05) is 5.32 Å². The molecule has 0 aliphatic carbocycles. The summed E-state index contributed by atoms with van der Waals surface area (Å²) >= 11 is 0. The number of hydroxylamine groups is 1. The van der Waals surface area contributed by atoms with Crippen LogP contribution in [0.15, 0.2) is 66.7 Å². The van der Waals surface area contributed by atoms with Gasteiger partial charge in [0.05, 0.1) is 5.69 Å². The molecule has 0 atom stereocenters. The summed E-state index contributed by atoms with van der Waals surface area (Å²) in [5, 5.41) is 12.1. The Morgan fingerprint density at radius 3 is 2.52 bits per heavy atom. The van der Waals surface area contributed by atoms with Gasteiger partial charge in [0, 0.05) is 17.7 Å². The molecule has 3 N–H and O–H groups in total. The molecule has 25 heavy (non-hydrogen) atoms. The van der Waals surface area contributed by atoms with E-state index in [-0.39, 0.29) is 0 Å². The molecule has 0 spiro atoms. The van der Waals surface area contributed by atoms with Crippen LogP contribution in [-0.2, 0) is 6.54 Å². The van der Waals surface area contributed by atoms with E-state index in [2.05, 4.69) is 5.32 Å². The number of anilines is 1. The summed E-state index contributed by atoms with van der Waals surface area (Å²) < 4.78 is 6.08. The summed E-state index contributed by atoms with van der Waals surface area (Å²) in [5.41, 5.74) is 6.06. The van der Waals surface area contributed by atoms with Crippen LogP contribution in [0.2, 0.25) is 0 Å². The lowest BCUT2D eigenvalue weighted by atomic mass is 9.97. The Morgan fingerprint density at radius 1 is 0.960 bits per heavy atom. The van der Waals surface area contributed by atoms with Crippen LogP contribution in [0.5, 0.6) is 11.5 Å². The van der Waals surface area contributed by atoms with Crippen molar-refractivity contribution in [3.8, 4) is 22.6 Å². The molecule has 3 aromatic carbocycles. The number of nitrogens with one attached hydrogen (secondary N) is 2. The largest absolute Gasteiger partial charge is 0.455 e. The van der Waals surface area contributed by atoms with E-state index in [1.165, 1.54) is 0 Å². The maximum Gasteiger partial charge on any atom is 0.274 e. The predicted octanol–water partition coefficient (Wildman–Crippen LogP) is 4.19. The summed E-state index contributed by atoms with van der Waals surface area (Å²) in [6.07, 6.45) is 0. The molecule has 0 radical (unpaired) electrons. The van der Waals surface area contributed by atoms with Crippen molar-refractivity contribution in [3.05, 3.63) is 77.9 Å². The van der Waals surface area contributed by atoms with Crippen molar-refractivity contribution < 1.29 is 14.7 Å². The van der Waals surface area contributed by atoms with E-state index in [1.54, 1.807) is 17.6 Å². The molecule has 0 bridgehead atoms. The first kappa shape index (κ1) is 15.2. The average molecular weight is 332 g/mol. The molecule has 3 aromatic rings. The molecule has 124 valence electrons. The van der Waals surface area contributed by atoms with Crippen LogP contribution in [0.25, 0.3) is 11.1 Å². The molecule has 5 nitrogen and oxygen atoms in total. The Labute approximate surface area is 144 Å². The highest BCUT2D eigenvalue weighted by atomic mass is 16.5. The molecule has 1 amide bonds. The fourth-order valence-electron chi connectivity index (χ4n) is 2.98. The van der Waals surface area contributed by atoms with Crippen molar-refractivity contribution in [3.63, 3.8) is 0 Å². The maximum absolute atomic E-state index is 11.5. The minimum Gasteiger partial charge on any atom is -0.455 e. The van der Waals surface area contributed by atoms with Crippen molar-refractivity contribution in [1.29, 1.82) is 0 Å². The van der Waals surface area contributed by atoms with Crippen LogP contribution in [0, 0.1) is 0 Å². The third-order valence-electron chi connectivity index (χ3n) is 4.26. The molecule has 1 aliphatic heterocycles. The highest BCUT2D eigenvalue weighted by Gasteiger charge is 2.17. The number of carbonyl (C=O) groups is 1. The molecule has 5 heteroatoms. The number of rotatable bonds is 2. The maximum atomic E-state index is 11.5. The van der Waals surface area contributed by atoms with E-state index >= 15 is 0 Å². The first-order chi connectivity index (χ1) is 12.3. The summed E-state index contributed by atoms with van der Waals surface area (Å²) in [6, 6.07) is 20.9. The van der Waals surface area contributed by atoms with Crippen molar-refractivity contribution in [2.24, 2.45) is 0 Å². The van der Waals surface area contributed by atoms with E-state index in [4.69, 9.17) is 9.94 Å². The normalized spacial score (nSPS) is 12.0. The molecule has 0 saturated carbocycles. The number of fused-ring (bicyclic) bond motifs is 2. The fourth-order valence-corrected chi connectivity index (χ4v) is 2.98. The lowest BCUT2D eigenvalue weighted by Gasteiger charge is -2.12. The fraction of sp³-hybridized carbons (Fsp3) is 0.0500. The zero-order valence-corrected chi connectivity index (χ0v) is 13.3. The Hall–Kier alpha value is -3.31. The quantitative estimate of drug-likeness (QED) is 0.486. The standard InChI is InChI=1S/C20H16N2O3/c23-20(22-24)14-10-8-13(9-11-14)15-4-3-7-18-16(15)12-21-17-5-1-2-6-19(17)25-18/h1-11,21,24H,12H2,(H,22,23). The van der Waals surface area contributed by atoms with Gasteiger partial charge < -0.3 is 10.1 Å². The third kappa shape index (κ3) is 2.81. The average Bonchev–Trinajstić information content (AvgIpc) is 2.86. The van der Waals surface area contributed by atoms with E-state index in [9.17, 15) is 4.79 Å². The number of ether oxygens (including phenoxy) is 1. The second-order valence-electron chi connectivity index (χ2n) is 5.75. The number of amides is 1. The molecule has 4 rings (SSSR count). The molecule has 0 unspecified atom stereocenters. The van der Waals surface area contributed by atoms with Crippen LogP contribution in [0.4, 0.5) is 5.69 Å². The SMILES string of the molecule is O=C(NO)c1ccc(-c2cccc3c2CNc2ccccc2O3)cc1. The smallest absolute Gasteiger partial charge is 0.274 e. The lowest BCUT2D eigenvalue weighted by Crippen LogP contribution is -2.18. The molecule has 1 aliphatic rings. The Bertz CT molecular complexity index is 936. The second-order valence-corrected chi connectivity index (χ2v) is 5.75. The van der Waals surface area contributed by atoms with Gasteiger partial charge in [-0.3, -0.25) is 10.0 Å². The monoisotopic (exact) mass is 332 g/mol. The van der Waals surface area contributed by atoms with E-state index in [1.807, 2.05) is 54.6 Å². The van der Waals surface area contributed by atoms with Gasteiger partial charge in [-0.1, -0.05) is 36.4 Å². The van der Waals surface area contributed by atoms with Crippen molar-refractivity contribution >= 4 is 11.6 Å². The van der Waals surface area contributed by atoms with Crippen molar-refractivity contribution in [2.45, 2.75) is 6.54 Å². The number of hydrogen-bond acceptors (Lipinski definition) is 4. The lowest BCUT2D eigenvalue weighted by molar-refractivity contribution is 0.0706. The van der Waals surface area contributed by atoms with E-state index < -0.39 is 5.91 Å². The van der Waals surface area contributed by atoms with Gasteiger partial charge in [0.2, 0.25) is 0 Å². The Kier molecular flexibility index (Phi) is 3.84. The zero-order chi connectivity index (χ0) is 17.2. The summed E-state index contributed by atoms with van der Waals surface area (Å²) in [5.74, 6) is 1.08. The number of para-hydroxylation sites is 2. The Balaban J connectivity index is 1.73. The molecule has 1 heterocycles. The minimum absolute atomic E-state index is 0.398. The third-order valence-corrected chi connectivity index (χ3v) is 4.26. The van der Waals surface area contributed by atoms with Gasteiger partial charge in [0.1, 0.15) is 5.75 Å².